The molecule has 3 rings (SSSR count). The highest BCUT2D eigenvalue weighted by Gasteiger charge is 2.29. The zero-order valence-corrected chi connectivity index (χ0v) is 14.2. The summed E-state index contributed by atoms with van der Waals surface area (Å²) in [6.07, 6.45) is -5.09. The second-order valence-corrected chi connectivity index (χ2v) is 6.12. The summed E-state index contributed by atoms with van der Waals surface area (Å²) in [5, 5.41) is 4.82. The number of carbonyl (C=O) groups is 2. The van der Waals surface area contributed by atoms with Gasteiger partial charge >= 0.3 is 12.3 Å². The van der Waals surface area contributed by atoms with Crippen molar-refractivity contribution in [3.05, 3.63) is 53.6 Å². The fourth-order valence-corrected chi connectivity index (χ4v) is 2.92. The van der Waals surface area contributed by atoms with Crippen molar-refractivity contribution in [1.82, 2.24) is 5.32 Å². The van der Waals surface area contributed by atoms with E-state index in [1.54, 1.807) is 6.07 Å². The molecule has 27 heavy (non-hydrogen) atoms. The number of amides is 2. The molecule has 0 atom stereocenters. The Labute approximate surface area is 153 Å². The molecule has 0 spiro atoms. The molecule has 2 aromatic carbocycles. The molecule has 0 heterocycles. The van der Waals surface area contributed by atoms with Gasteiger partial charge in [-0.05, 0) is 40.8 Å². The topological polar surface area (TPSA) is 67.4 Å². The van der Waals surface area contributed by atoms with Crippen molar-refractivity contribution >= 4 is 17.7 Å². The molecule has 0 unspecified atom stereocenters. The first kappa shape index (κ1) is 18.8. The molecule has 0 saturated carbocycles. The van der Waals surface area contributed by atoms with Crippen LogP contribution in [0.15, 0.2) is 42.5 Å². The molecule has 0 aliphatic heterocycles. The van der Waals surface area contributed by atoms with Gasteiger partial charge in [0.1, 0.15) is 0 Å². The van der Waals surface area contributed by atoms with Crippen LogP contribution in [0.5, 0.6) is 0 Å². The Morgan fingerprint density at radius 1 is 1.04 bits per heavy atom. The molecule has 0 aromatic heterocycles. The third-order valence-corrected chi connectivity index (χ3v) is 4.07. The van der Waals surface area contributed by atoms with E-state index >= 15 is 0 Å². The van der Waals surface area contributed by atoms with Crippen LogP contribution in [0.2, 0.25) is 0 Å². The summed E-state index contributed by atoms with van der Waals surface area (Å²) >= 11 is 0. The molecule has 5 nitrogen and oxygen atoms in total. The average Bonchev–Trinajstić information content (AvgIpc) is 2.97. The molecule has 8 heteroatoms. The second-order valence-electron chi connectivity index (χ2n) is 6.12. The van der Waals surface area contributed by atoms with Crippen LogP contribution >= 0.6 is 0 Å². The first-order valence-electron chi connectivity index (χ1n) is 8.30. The van der Waals surface area contributed by atoms with Crippen LogP contribution in [-0.2, 0) is 16.0 Å². The summed E-state index contributed by atoms with van der Waals surface area (Å²) < 4.78 is 39.7. The lowest BCUT2D eigenvalue weighted by atomic mass is 10.1. The molecule has 0 saturated heterocycles. The van der Waals surface area contributed by atoms with Gasteiger partial charge in [-0.2, -0.15) is 13.2 Å². The maximum Gasteiger partial charge on any atom is 0.422 e. The van der Waals surface area contributed by atoms with Gasteiger partial charge in [-0.25, -0.2) is 4.79 Å². The highest BCUT2D eigenvalue weighted by molar-refractivity contribution is 5.92. The number of benzene rings is 2. The van der Waals surface area contributed by atoms with Gasteiger partial charge < -0.3 is 15.4 Å². The van der Waals surface area contributed by atoms with E-state index in [-0.39, 0.29) is 18.9 Å². The van der Waals surface area contributed by atoms with Gasteiger partial charge in [-0.3, -0.25) is 4.79 Å². The number of alkyl carbamates (subject to hydrolysis) is 1. The van der Waals surface area contributed by atoms with E-state index in [4.69, 9.17) is 0 Å². The van der Waals surface area contributed by atoms with Gasteiger partial charge in [-0.1, -0.05) is 30.3 Å². The molecular weight excluding hydrogens is 361 g/mol. The number of carbonyl (C=O) groups excluding carboxylic acids is 2. The van der Waals surface area contributed by atoms with E-state index in [1.165, 1.54) is 11.1 Å². The van der Waals surface area contributed by atoms with Crippen LogP contribution < -0.4 is 10.6 Å². The lowest BCUT2D eigenvalue weighted by molar-refractivity contribution is -0.160. The van der Waals surface area contributed by atoms with Crippen molar-refractivity contribution in [1.29, 1.82) is 0 Å². The van der Waals surface area contributed by atoms with Crippen molar-refractivity contribution in [3.63, 3.8) is 0 Å². The number of alkyl halides is 3. The van der Waals surface area contributed by atoms with Crippen LogP contribution in [0.1, 0.15) is 17.5 Å². The Hall–Kier alpha value is -3.03. The van der Waals surface area contributed by atoms with Crippen molar-refractivity contribution in [2.75, 3.05) is 18.5 Å². The van der Waals surface area contributed by atoms with Crippen LogP contribution in [0.3, 0.4) is 0 Å². The molecule has 2 N–H and O–H groups in total. The minimum atomic E-state index is -4.58. The SMILES string of the molecule is O=C(CCNC(=O)OCC(F)(F)F)Nc1ccc2c(c1)Cc1ccccc1-2. The van der Waals surface area contributed by atoms with Gasteiger partial charge in [0, 0.05) is 18.7 Å². The Balaban J connectivity index is 1.47. The number of fused-ring (bicyclic) bond motifs is 3. The Morgan fingerprint density at radius 3 is 2.56 bits per heavy atom. The summed E-state index contributed by atoms with van der Waals surface area (Å²) in [4.78, 5) is 23.0. The predicted octanol–water partition coefficient (Wildman–Crippen LogP) is 3.87. The molecule has 2 amide bonds. The first-order chi connectivity index (χ1) is 12.8. The standard InChI is InChI=1S/C19H17F3N2O3/c20-19(21,22)11-27-18(26)23-8-7-17(25)24-14-5-6-16-13(10-14)9-12-3-1-2-4-15(12)16/h1-6,10H,7-9,11H2,(H,23,26)(H,24,25). The van der Waals surface area contributed by atoms with E-state index in [0.29, 0.717) is 5.69 Å². The lowest BCUT2D eigenvalue weighted by Crippen LogP contribution is -2.31. The van der Waals surface area contributed by atoms with Crippen molar-refractivity contribution in [2.45, 2.75) is 19.0 Å². The first-order valence-corrected chi connectivity index (χ1v) is 8.30. The number of rotatable bonds is 5. The lowest BCUT2D eigenvalue weighted by Gasteiger charge is -2.10. The van der Waals surface area contributed by atoms with Crippen LogP contribution in [0.25, 0.3) is 11.1 Å². The largest absolute Gasteiger partial charge is 0.440 e. The summed E-state index contributed by atoms with van der Waals surface area (Å²) in [6.45, 7) is -1.79. The number of ether oxygens (including phenoxy) is 1. The van der Waals surface area contributed by atoms with Gasteiger partial charge in [0.15, 0.2) is 6.61 Å². The number of halogens is 3. The Kier molecular flexibility index (Phi) is 5.34. The third kappa shape index (κ3) is 4.99. The number of hydrogen-bond acceptors (Lipinski definition) is 3. The highest BCUT2D eigenvalue weighted by Crippen LogP contribution is 2.37. The third-order valence-electron chi connectivity index (χ3n) is 4.07. The van der Waals surface area contributed by atoms with Gasteiger partial charge in [0.2, 0.25) is 5.91 Å². The van der Waals surface area contributed by atoms with Crippen molar-refractivity contribution in [2.24, 2.45) is 0 Å². The minimum Gasteiger partial charge on any atom is -0.440 e. The number of nitrogens with one attached hydrogen (secondary N) is 2. The van der Waals surface area contributed by atoms with E-state index in [2.05, 4.69) is 27.5 Å². The molecule has 0 fully saturated rings. The average molecular weight is 378 g/mol. The summed E-state index contributed by atoms with van der Waals surface area (Å²) in [5.74, 6) is -0.360. The normalized spacial score (nSPS) is 12.1. The maximum absolute atomic E-state index is 11.9. The smallest absolute Gasteiger partial charge is 0.422 e. The van der Waals surface area contributed by atoms with Crippen LogP contribution in [0, 0.1) is 0 Å². The molecule has 0 radical (unpaired) electrons. The zero-order valence-electron chi connectivity index (χ0n) is 14.2. The number of anilines is 1. The van der Waals surface area contributed by atoms with Gasteiger partial charge in [0.05, 0.1) is 0 Å². The van der Waals surface area contributed by atoms with Gasteiger partial charge in [0.25, 0.3) is 0 Å². The Bertz CT molecular complexity index is 866. The predicted molar refractivity (Wildman–Crippen MR) is 93.3 cm³/mol. The van der Waals surface area contributed by atoms with Crippen molar-refractivity contribution < 1.29 is 27.5 Å². The quantitative estimate of drug-likeness (QED) is 0.708. The molecule has 1 aliphatic rings. The van der Waals surface area contributed by atoms with Crippen LogP contribution in [-0.4, -0.2) is 31.3 Å². The second kappa shape index (κ2) is 7.69. The summed E-state index contributed by atoms with van der Waals surface area (Å²) in [6, 6.07) is 13.7. The summed E-state index contributed by atoms with van der Waals surface area (Å²) in [7, 11) is 0. The highest BCUT2D eigenvalue weighted by atomic mass is 19.4. The molecular formula is C19H17F3N2O3. The van der Waals surface area contributed by atoms with Gasteiger partial charge in [-0.15, -0.1) is 0 Å². The molecule has 2 aromatic rings. The zero-order chi connectivity index (χ0) is 19.4. The molecule has 1 aliphatic carbocycles. The number of hydrogen-bond donors (Lipinski definition) is 2. The summed E-state index contributed by atoms with van der Waals surface area (Å²) in [5.41, 5.74) is 5.30. The Morgan fingerprint density at radius 2 is 1.78 bits per heavy atom. The fraction of sp³-hybridized carbons (Fsp3) is 0.263. The maximum atomic E-state index is 11.9. The van der Waals surface area contributed by atoms with E-state index in [0.717, 1.165) is 17.5 Å². The van der Waals surface area contributed by atoms with E-state index in [9.17, 15) is 22.8 Å². The van der Waals surface area contributed by atoms with Crippen molar-refractivity contribution in [3.8, 4) is 11.1 Å². The monoisotopic (exact) mass is 378 g/mol. The molecule has 0 bridgehead atoms. The molecule has 142 valence electrons. The van der Waals surface area contributed by atoms with E-state index < -0.39 is 18.9 Å². The van der Waals surface area contributed by atoms with E-state index in [1.807, 2.05) is 24.3 Å². The minimum absolute atomic E-state index is 0.0849. The van der Waals surface area contributed by atoms with Crippen LogP contribution in [0.4, 0.5) is 23.7 Å². The fourth-order valence-electron chi connectivity index (χ4n) is 2.92.